The van der Waals surface area contributed by atoms with Crippen LogP contribution >= 0.6 is 0 Å². The summed E-state index contributed by atoms with van der Waals surface area (Å²) in [5.41, 5.74) is -0.431. The number of fused-ring (bicyclic) bond motifs is 2. The van der Waals surface area contributed by atoms with Crippen LogP contribution in [-0.4, -0.2) is 43.4 Å². The number of aromatic nitrogens is 3. The fraction of sp³-hybridized carbons (Fsp3) is 0.786. The maximum absolute atomic E-state index is 12.3. The Morgan fingerprint density at radius 2 is 1.85 bits per heavy atom. The first-order valence-electron chi connectivity index (χ1n) is 7.29. The standard InChI is InChI=1S/C14H22N4O2/c1-14(2,3)20-13(19)18-10-4-5-11(18)7-12(6-10)17-9-15-8-16-17/h8-12H,4-7H2,1-3H3/t10-,11-/m0/s1. The van der Waals surface area contributed by atoms with Crippen LogP contribution in [0.1, 0.15) is 52.5 Å². The Labute approximate surface area is 119 Å². The molecule has 2 saturated heterocycles. The van der Waals surface area contributed by atoms with Crippen LogP contribution in [0.15, 0.2) is 12.7 Å². The number of carbonyl (C=O) groups excluding carboxylic acids is 1. The van der Waals surface area contributed by atoms with Gasteiger partial charge in [0.05, 0.1) is 6.04 Å². The number of rotatable bonds is 1. The second-order valence-electron chi connectivity index (χ2n) is 6.77. The van der Waals surface area contributed by atoms with E-state index < -0.39 is 5.60 Å². The van der Waals surface area contributed by atoms with Crippen LogP contribution in [0.3, 0.4) is 0 Å². The molecule has 2 atom stereocenters. The quantitative estimate of drug-likeness (QED) is 0.791. The molecule has 0 aromatic carbocycles. The van der Waals surface area contributed by atoms with Gasteiger partial charge in [0.15, 0.2) is 0 Å². The lowest BCUT2D eigenvalue weighted by Crippen LogP contribution is -2.48. The Morgan fingerprint density at radius 3 is 2.35 bits per heavy atom. The smallest absolute Gasteiger partial charge is 0.410 e. The summed E-state index contributed by atoms with van der Waals surface area (Å²) >= 11 is 0. The topological polar surface area (TPSA) is 60.2 Å². The summed E-state index contributed by atoms with van der Waals surface area (Å²) in [7, 11) is 0. The van der Waals surface area contributed by atoms with Gasteiger partial charge < -0.3 is 9.64 Å². The number of piperidine rings is 1. The molecule has 3 rings (SSSR count). The Morgan fingerprint density at radius 1 is 1.20 bits per heavy atom. The summed E-state index contributed by atoms with van der Waals surface area (Å²) in [6.45, 7) is 5.74. The van der Waals surface area contributed by atoms with Gasteiger partial charge >= 0.3 is 6.09 Å². The normalized spacial score (nSPS) is 29.6. The maximum Gasteiger partial charge on any atom is 0.410 e. The predicted molar refractivity (Wildman–Crippen MR) is 73.2 cm³/mol. The highest BCUT2D eigenvalue weighted by Crippen LogP contribution is 2.41. The van der Waals surface area contributed by atoms with E-state index in [2.05, 4.69) is 10.1 Å². The van der Waals surface area contributed by atoms with Crippen LogP contribution in [-0.2, 0) is 4.74 Å². The molecule has 2 aliphatic rings. The second-order valence-corrected chi connectivity index (χ2v) is 6.77. The van der Waals surface area contributed by atoms with E-state index in [4.69, 9.17) is 4.74 Å². The molecule has 3 heterocycles. The van der Waals surface area contributed by atoms with E-state index in [1.807, 2.05) is 30.4 Å². The SMILES string of the molecule is CC(C)(C)OC(=O)N1[C@H]2CC[C@H]1CC(n1cncn1)C2. The molecular weight excluding hydrogens is 256 g/mol. The van der Waals surface area contributed by atoms with Crippen LogP contribution in [0.5, 0.6) is 0 Å². The molecule has 1 amide bonds. The monoisotopic (exact) mass is 278 g/mol. The molecule has 2 bridgehead atoms. The average molecular weight is 278 g/mol. The van der Waals surface area contributed by atoms with E-state index in [9.17, 15) is 4.79 Å². The highest BCUT2D eigenvalue weighted by atomic mass is 16.6. The van der Waals surface area contributed by atoms with Gasteiger partial charge in [-0.05, 0) is 46.5 Å². The van der Waals surface area contributed by atoms with Crippen molar-refractivity contribution < 1.29 is 9.53 Å². The summed E-state index contributed by atoms with van der Waals surface area (Å²) in [6, 6.07) is 0.907. The molecule has 1 aromatic rings. The molecule has 20 heavy (non-hydrogen) atoms. The van der Waals surface area contributed by atoms with Crippen LogP contribution < -0.4 is 0 Å². The molecule has 0 N–H and O–H groups in total. The first-order chi connectivity index (χ1) is 9.44. The zero-order chi connectivity index (χ0) is 14.3. The zero-order valence-electron chi connectivity index (χ0n) is 12.3. The van der Waals surface area contributed by atoms with Gasteiger partial charge in [-0.25, -0.2) is 14.5 Å². The van der Waals surface area contributed by atoms with Gasteiger partial charge in [0, 0.05) is 12.1 Å². The maximum atomic E-state index is 12.3. The minimum absolute atomic E-state index is 0.165. The van der Waals surface area contributed by atoms with Crippen molar-refractivity contribution in [1.29, 1.82) is 0 Å². The number of hydrogen-bond acceptors (Lipinski definition) is 4. The Balaban J connectivity index is 1.70. The first-order valence-corrected chi connectivity index (χ1v) is 7.29. The molecular formula is C14H22N4O2. The third kappa shape index (κ3) is 2.51. The molecule has 0 saturated carbocycles. The molecule has 2 fully saturated rings. The summed E-state index contributed by atoms with van der Waals surface area (Å²) < 4.78 is 7.46. The fourth-order valence-electron chi connectivity index (χ4n) is 3.38. The number of carbonyl (C=O) groups is 1. The van der Waals surface area contributed by atoms with Crippen molar-refractivity contribution >= 4 is 6.09 Å². The lowest BCUT2D eigenvalue weighted by Gasteiger charge is -2.39. The van der Waals surface area contributed by atoms with Gasteiger partial charge in [0.2, 0.25) is 0 Å². The summed E-state index contributed by atoms with van der Waals surface area (Å²) in [5, 5.41) is 4.24. The van der Waals surface area contributed by atoms with Crippen LogP contribution in [0.4, 0.5) is 4.79 Å². The van der Waals surface area contributed by atoms with Crippen molar-refractivity contribution in [2.24, 2.45) is 0 Å². The van der Waals surface area contributed by atoms with Crippen molar-refractivity contribution in [3.63, 3.8) is 0 Å². The number of ether oxygens (including phenoxy) is 1. The zero-order valence-corrected chi connectivity index (χ0v) is 12.3. The molecule has 6 nitrogen and oxygen atoms in total. The Hall–Kier alpha value is -1.59. The van der Waals surface area contributed by atoms with E-state index in [1.165, 1.54) is 0 Å². The van der Waals surface area contributed by atoms with E-state index in [-0.39, 0.29) is 18.2 Å². The largest absolute Gasteiger partial charge is 0.444 e. The molecule has 2 aliphatic heterocycles. The third-order valence-corrected chi connectivity index (χ3v) is 4.12. The van der Waals surface area contributed by atoms with Crippen molar-refractivity contribution in [3.05, 3.63) is 12.7 Å². The minimum atomic E-state index is -0.431. The molecule has 110 valence electrons. The van der Waals surface area contributed by atoms with Crippen molar-refractivity contribution in [2.45, 2.75) is 70.2 Å². The van der Waals surface area contributed by atoms with Crippen LogP contribution in [0.25, 0.3) is 0 Å². The number of nitrogens with zero attached hydrogens (tertiary/aromatic N) is 4. The Bertz CT molecular complexity index is 466. The van der Waals surface area contributed by atoms with E-state index in [1.54, 1.807) is 12.7 Å². The van der Waals surface area contributed by atoms with Crippen molar-refractivity contribution in [1.82, 2.24) is 19.7 Å². The van der Waals surface area contributed by atoms with E-state index in [0.29, 0.717) is 6.04 Å². The number of hydrogen-bond donors (Lipinski definition) is 0. The number of amides is 1. The molecule has 1 aromatic heterocycles. The van der Waals surface area contributed by atoms with Gasteiger partial charge in [-0.1, -0.05) is 0 Å². The van der Waals surface area contributed by atoms with Gasteiger partial charge in [-0.3, -0.25) is 0 Å². The highest BCUT2D eigenvalue weighted by molar-refractivity contribution is 5.69. The first kappa shape index (κ1) is 13.4. The highest BCUT2D eigenvalue weighted by Gasteiger charge is 2.45. The van der Waals surface area contributed by atoms with Gasteiger partial charge in [-0.2, -0.15) is 5.10 Å². The lowest BCUT2D eigenvalue weighted by molar-refractivity contribution is 0.00230. The fourth-order valence-corrected chi connectivity index (χ4v) is 3.38. The average Bonchev–Trinajstić information content (AvgIpc) is 2.94. The van der Waals surface area contributed by atoms with Crippen molar-refractivity contribution in [2.75, 3.05) is 0 Å². The Kier molecular flexibility index (Phi) is 3.18. The molecule has 0 radical (unpaired) electrons. The lowest BCUT2D eigenvalue weighted by atomic mass is 9.98. The predicted octanol–water partition coefficient (Wildman–Crippen LogP) is 2.38. The van der Waals surface area contributed by atoms with Crippen LogP contribution in [0.2, 0.25) is 0 Å². The van der Waals surface area contributed by atoms with Crippen molar-refractivity contribution in [3.8, 4) is 0 Å². The summed E-state index contributed by atoms with van der Waals surface area (Å²) in [4.78, 5) is 18.3. The molecule has 0 unspecified atom stereocenters. The molecule has 0 spiro atoms. The molecule has 6 heteroatoms. The summed E-state index contributed by atoms with van der Waals surface area (Å²) in [5.74, 6) is 0. The van der Waals surface area contributed by atoms with E-state index >= 15 is 0 Å². The minimum Gasteiger partial charge on any atom is -0.444 e. The second kappa shape index (κ2) is 4.75. The van der Waals surface area contributed by atoms with Crippen LogP contribution in [0, 0.1) is 0 Å². The van der Waals surface area contributed by atoms with E-state index in [0.717, 1.165) is 25.7 Å². The van der Waals surface area contributed by atoms with Gasteiger partial charge in [-0.15, -0.1) is 0 Å². The third-order valence-electron chi connectivity index (χ3n) is 4.12. The summed E-state index contributed by atoms with van der Waals surface area (Å²) in [6.07, 6.45) is 7.19. The van der Waals surface area contributed by atoms with Gasteiger partial charge in [0.25, 0.3) is 0 Å². The van der Waals surface area contributed by atoms with Gasteiger partial charge in [0.1, 0.15) is 18.3 Å². The molecule has 0 aliphatic carbocycles.